The van der Waals surface area contributed by atoms with E-state index in [1.165, 1.54) is 0 Å². The lowest BCUT2D eigenvalue weighted by molar-refractivity contribution is 0.373. The van der Waals surface area contributed by atoms with Crippen LogP contribution in [0.25, 0.3) is 0 Å². The summed E-state index contributed by atoms with van der Waals surface area (Å²) in [5.74, 6) is 0. The number of rotatable bonds is 4. The molecule has 4 nitrogen and oxygen atoms in total. The average molecular weight is 252 g/mol. The van der Waals surface area contributed by atoms with Gasteiger partial charge in [0.2, 0.25) is 0 Å². The number of benzene rings is 1. The minimum atomic E-state index is -3.88. The minimum Gasteiger partial charge on any atom is -0.374 e. The summed E-state index contributed by atoms with van der Waals surface area (Å²) in [6, 6.07) is 9.49. The Labute approximate surface area is 95.5 Å². The number of anilines is 1. The van der Waals surface area contributed by atoms with Crippen molar-refractivity contribution in [3.63, 3.8) is 0 Å². The summed E-state index contributed by atoms with van der Waals surface area (Å²) in [5, 5.41) is 0. The number of nitrogens with zero attached hydrogens (tertiary/aromatic N) is 1. The number of halogens is 1. The van der Waals surface area contributed by atoms with Gasteiger partial charge in [0.15, 0.2) is 0 Å². The van der Waals surface area contributed by atoms with Gasteiger partial charge in [-0.05, 0) is 12.1 Å². The highest BCUT2D eigenvalue weighted by atomic mass is 35.5. The molecule has 0 aliphatic carbocycles. The molecule has 0 aromatic heterocycles. The summed E-state index contributed by atoms with van der Waals surface area (Å²) in [6.45, 7) is 0.355. The molecule has 15 heavy (non-hydrogen) atoms. The van der Waals surface area contributed by atoms with Gasteiger partial charge in [0.1, 0.15) is 0 Å². The normalized spacial score (nSPS) is 10.6. The molecular weight excluding hydrogens is 237 g/mol. The Bertz CT molecular complexity index is 327. The molecule has 0 bridgehead atoms. The highest BCUT2D eigenvalue weighted by Gasteiger charge is 2.13. The van der Waals surface area contributed by atoms with Crippen molar-refractivity contribution in [1.82, 2.24) is 0 Å². The third-order valence-electron chi connectivity index (χ3n) is 1.92. The van der Waals surface area contributed by atoms with Gasteiger partial charge in [-0.2, -0.15) is 0 Å². The van der Waals surface area contributed by atoms with Crippen LogP contribution in [0.4, 0.5) is 5.69 Å². The Morgan fingerprint density at radius 3 is 2.27 bits per heavy atom. The first-order valence-corrected chi connectivity index (χ1v) is 6.09. The SMILES string of the molecule is CN(CCP(=O)(O)O)c1ccccc1.Cl. The highest BCUT2D eigenvalue weighted by molar-refractivity contribution is 7.51. The fraction of sp³-hybridized carbons (Fsp3) is 0.333. The third-order valence-corrected chi connectivity index (χ3v) is 2.71. The van der Waals surface area contributed by atoms with Gasteiger partial charge in [-0.3, -0.25) is 4.57 Å². The monoisotopic (exact) mass is 251 g/mol. The second-order valence-corrected chi connectivity index (χ2v) is 4.92. The molecule has 2 N–H and O–H groups in total. The van der Waals surface area contributed by atoms with Crippen molar-refractivity contribution in [1.29, 1.82) is 0 Å². The van der Waals surface area contributed by atoms with Gasteiger partial charge in [0.25, 0.3) is 0 Å². The summed E-state index contributed by atoms with van der Waals surface area (Å²) in [5.41, 5.74) is 0.959. The zero-order chi connectivity index (χ0) is 10.6. The number of hydrogen-bond donors (Lipinski definition) is 2. The maximum absolute atomic E-state index is 10.6. The minimum absolute atomic E-state index is 0. The second kappa shape index (κ2) is 6.13. The molecule has 0 aliphatic rings. The molecule has 0 unspecified atom stereocenters. The topological polar surface area (TPSA) is 60.8 Å². The summed E-state index contributed by atoms with van der Waals surface area (Å²) in [4.78, 5) is 19.2. The Hall–Kier alpha value is -0.540. The first-order chi connectivity index (χ1) is 6.49. The maximum atomic E-state index is 10.6. The van der Waals surface area contributed by atoms with E-state index in [0.29, 0.717) is 6.54 Å². The molecule has 0 saturated heterocycles. The molecule has 1 rings (SSSR count). The fourth-order valence-electron chi connectivity index (χ4n) is 1.09. The molecule has 0 atom stereocenters. The van der Waals surface area contributed by atoms with Crippen molar-refractivity contribution in [2.24, 2.45) is 0 Å². The van der Waals surface area contributed by atoms with Crippen LogP contribution in [0.15, 0.2) is 30.3 Å². The maximum Gasteiger partial charge on any atom is 0.327 e. The van der Waals surface area contributed by atoms with Crippen molar-refractivity contribution in [2.75, 3.05) is 24.7 Å². The molecule has 0 fully saturated rings. The first-order valence-electron chi connectivity index (χ1n) is 4.30. The Balaban J connectivity index is 0.00000196. The molecule has 6 heteroatoms. The highest BCUT2D eigenvalue weighted by Crippen LogP contribution is 2.33. The van der Waals surface area contributed by atoms with Gasteiger partial charge in [0.05, 0.1) is 6.16 Å². The zero-order valence-corrected chi connectivity index (χ0v) is 10.1. The quantitative estimate of drug-likeness (QED) is 0.800. The Morgan fingerprint density at radius 1 is 1.27 bits per heavy atom. The van der Waals surface area contributed by atoms with E-state index in [9.17, 15) is 4.57 Å². The predicted molar refractivity (Wildman–Crippen MR) is 63.9 cm³/mol. The van der Waals surface area contributed by atoms with Crippen LogP contribution in [-0.4, -0.2) is 29.5 Å². The van der Waals surface area contributed by atoms with Crippen molar-refractivity contribution < 1.29 is 14.4 Å². The van der Waals surface area contributed by atoms with Crippen LogP contribution in [0, 0.1) is 0 Å². The van der Waals surface area contributed by atoms with E-state index in [2.05, 4.69) is 0 Å². The van der Waals surface area contributed by atoms with Crippen molar-refractivity contribution in [3.05, 3.63) is 30.3 Å². The van der Waals surface area contributed by atoms with E-state index in [1.54, 1.807) is 0 Å². The van der Waals surface area contributed by atoms with Gasteiger partial charge >= 0.3 is 7.60 Å². The first kappa shape index (κ1) is 14.5. The van der Waals surface area contributed by atoms with Crippen molar-refractivity contribution in [2.45, 2.75) is 0 Å². The Morgan fingerprint density at radius 2 is 1.80 bits per heavy atom. The summed E-state index contributed by atoms with van der Waals surface area (Å²) < 4.78 is 10.6. The summed E-state index contributed by atoms with van der Waals surface area (Å²) in [7, 11) is -2.07. The van der Waals surface area contributed by atoms with Crippen LogP contribution in [0.3, 0.4) is 0 Å². The molecule has 0 amide bonds. The van der Waals surface area contributed by atoms with Crippen molar-refractivity contribution >= 4 is 25.7 Å². The van der Waals surface area contributed by atoms with Crippen LogP contribution in [0.5, 0.6) is 0 Å². The molecular formula is C9H15ClNO3P. The van der Waals surface area contributed by atoms with E-state index >= 15 is 0 Å². The summed E-state index contributed by atoms with van der Waals surface area (Å²) in [6.07, 6.45) is -0.113. The van der Waals surface area contributed by atoms with Crippen LogP contribution in [0.2, 0.25) is 0 Å². The number of para-hydroxylation sites is 1. The van der Waals surface area contributed by atoms with E-state index in [1.807, 2.05) is 42.3 Å². The van der Waals surface area contributed by atoms with Crippen LogP contribution in [0.1, 0.15) is 0 Å². The van der Waals surface area contributed by atoms with Gasteiger partial charge in [-0.15, -0.1) is 12.4 Å². The predicted octanol–water partition coefficient (Wildman–Crippen LogP) is 1.72. The lowest BCUT2D eigenvalue weighted by Gasteiger charge is -2.19. The lowest BCUT2D eigenvalue weighted by atomic mass is 10.3. The van der Waals surface area contributed by atoms with Gasteiger partial charge in [-0.25, -0.2) is 0 Å². The van der Waals surface area contributed by atoms with Crippen molar-refractivity contribution in [3.8, 4) is 0 Å². The van der Waals surface area contributed by atoms with Crippen LogP contribution >= 0.6 is 20.0 Å². The van der Waals surface area contributed by atoms with Gasteiger partial charge < -0.3 is 14.7 Å². The molecule has 1 aromatic rings. The zero-order valence-electron chi connectivity index (χ0n) is 8.41. The second-order valence-electron chi connectivity index (χ2n) is 3.15. The Kier molecular flexibility index (Phi) is 5.91. The molecule has 1 aromatic carbocycles. The third kappa shape index (κ3) is 5.80. The standard InChI is InChI=1S/C9H14NO3P.ClH/c1-10(7-8-14(11,12)13)9-5-3-2-4-6-9;/h2-6H,7-8H2,1H3,(H2,11,12,13);1H. The van der Waals surface area contributed by atoms with Gasteiger partial charge in [-0.1, -0.05) is 18.2 Å². The van der Waals surface area contributed by atoms with E-state index in [0.717, 1.165) is 5.69 Å². The molecule has 0 heterocycles. The van der Waals surface area contributed by atoms with Crippen LogP contribution in [-0.2, 0) is 4.57 Å². The number of hydrogen-bond acceptors (Lipinski definition) is 2. The molecule has 0 spiro atoms. The molecule has 0 saturated carbocycles. The van der Waals surface area contributed by atoms with E-state index in [-0.39, 0.29) is 18.6 Å². The molecule has 0 radical (unpaired) electrons. The van der Waals surface area contributed by atoms with Gasteiger partial charge in [0, 0.05) is 19.3 Å². The van der Waals surface area contributed by atoms with E-state index < -0.39 is 7.60 Å². The van der Waals surface area contributed by atoms with Crippen LogP contribution < -0.4 is 4.90 Å². The molecule has 86 valence electrons. The fourth-order valence-corrected chi connectivity index (χ4v) is 1.65. The average Bonchev–Trinajstić information content (AvgIpc) is 2.14. The smallest absolute Gasteiger partial charge is 0.327 e. The van der Waals surface area contributed by atoms with E-state index in [4.69, 9.17) is 9.79 Å². The lowest BCUT2D eigenvalue weighted by Crippen LogP contribution is -2.21. The summed E-state index contributed by atoms with van der Waals surface area (Å²) >= 11 is 0. The largest absolute Gasteiger partial charge is 0.374 e. The molecule has 0 aliphatic heterocycles.